The summed E-state index contributed by atoms with van der Waals surface area (Å²) in [6.07, 6.45) is -0.679. The zero-order chi connectivity index (χ0) is 19.3. The molecule has 2 aromatic rings. The van der Waals surface area contributed by atoms with Gasteiger partial charge in [-0.25, -0.2) is 0 Å². The van der Waals surface area contributed by atoms with E-state index in [0.29, 0.717) is 13.2 Å². The van der Waals surface area contributed by atoms with E-state index >= 15 is 0 Å². The molecule has 0 amide bonds. The molecule has 28 heavy (non-hydrogen) atoms. The smallest absolute Gasteiger partial charge is 0.184 e. The van der Waals surface area contributed by atoms with Gasteiger partial charge in [0.15, 0.2) is 6.29 Å². The van der Waals surface area contributed by atoms with E-state index in [0.717, 1.165) is 11.3 Å². The van der Waals surface area contributed by atoms with Crippen LogP contribution in [0.1, 0.15) is 31.3 Å². The molecule has 2 aliphatic rings. The molecule has 4 rings (SSSR count). The summed E-state index contributed by atoms with van der Waals surface area (Å²) in [5.74, 6) is 1.23. The van der Waals surface area contributed by atoms with Crippen LogP contribution in [-0.2, 0) is 25.6 Å². The molecular formula is C23H28O4S. The Morgan fingerprint density at radius 1 is 1.00 bits per heavy atom. The number of hydrogen-bond donors (Lipinski definition) is 0. The Balaban J connectivity index is 1.52. The molecule has 0 bridgehead atoms. The lowest BCUT2D eigenvalue weighted by Gasteiger charge is -2.48. The lowest BCUT2D eigenvalue weighted by Crippen LogP contribution is -2.58. The number of thioether (sulfide) groups is 1. The first-order valence-electron chi connectivity index (χ1n) is 10.0. The highest BCUT2D eigenvalue weighted by molar-refractivity contribution is 7.99. The van der Waals surface area contributed by atoms with Gasteiger partial charge in [-0.05, 0) is 11.3 Å². The predicted octanol–water partition coefficient (Wildman–Crippen LogP) is 4.80. The summed E-state index contributed by atoms with van der Waals surface area (Å²) >= 11 is 1.83. The predicted molar refractivity (Wildman–Crippen MR) is 111 cm³/mol. The van der Waals surface area contributed by atoms with Gasteiger partial charge in [-0.1, -0.05) is 74.5 Å². The normalized spacial score (nSPS) is 32.6. The van der Waals surface area contributed by atoms with Crippen LogP contribution in [0.2, 0.25) is 0 Å². The molecule has 2 aliphatic heterocycles. The molecule has 150 valence electrons. The summed E-state index contributed by atoms with van der Waals surface area (Å²) in [6, 6.07) is 20.4. The van der Waals surface area contributed by atoms with Gasteiger partial charge >= 0.3 is 0 Å². The summed E-state index contributed by atoms with van der Waals surface area (Å²) in [6.45, 7) is 5.45. The van der Waals surface area contributed by atoms with E-state index in [2.05, 4.69) is 26.0 Å². The molecule has 2 saturated heterocycles. The molecule has 0 aliphatic carbocycles. The van der Waals surface area contributed by atoms with Crippen molar-refractivity contribution in [1.82, 2.24) is 0 Å². The number of rotatable bonds is 6. The SMILES string of the molecule is CCSC1OC2COC(c3ccccc3)O[C@H]2[C@@H](OCc2ccccc2)C1C. The third-order valence-electron chi connectivity index (χ3n) is 5.33. The van der Waals surface area contributed by atoms with Crippen molar-refractivity contribution in [3.8, 4) is 0 Å². The van der Waals surface area contributed by atoms with Gasteiger partial charge in [-0.3, -0.25) is 0 Å². The lowest BCUT2D eigenvalue weighted by molar-refractivity contribution is -0.317. The maximum atomic E-state index is 6.44. The van der Waals surface area contributed by atoms with E-state index in [1.54, 1.807) is 0 Å². The molecule has 0 spiro atoms. The average Bonchev–Trinajstić information content (AvgIpc) is 2.75. The molecule has 0 saturated carbocycles. The van der Waals surface area contributed by atoms with Crippen molar-refractivity contribution in [3.05, 3.63) is 71.8 Å². The van der Waals surface area contributed by atoms with Crippen LogP contribution in [0.15, 0.2) is 60.7 Å². The molecule has 0 radical (unpaired) electrons. The van der Waals surface area contributed by atoms with E-state index < -0.39 is 0 Å². The van der Waals surface area contributed by atoms with Crippen LogP contribution in [0.3, 0.4) is 0 Å². The summed E-state index contributed by atoms with van der Waals surface area (Å²) in [5.41, 5.74) is 2.29. The standard InChI is InChI=1S/C23H28O4S/c1-3-28-23-16(2)20(24-14-17-10-6-4-7-11-17)21-19(26-23)15-25-22(27-21)18-12-8-5-9-13-18/h4-13,16,19-23H,3,14-15H2,1-2H3/t16?,19?,20-,21+,22?,23?/m0/s1. The topological polar surface area (TPSA) is 36.9 Å². The van der Waals surface area contributed by atoms with Crippen molar-refractivity contribution in [2.24, 2.45) is 5.92 Å². The Bertz CT molecular complexity index is 726. The van der Waals surface area contributed by atoms with Crippen molar-refractivity contribution in [2.45, 2.75) is 50.5 Å². The van der Waals surface area contributed by atoms with Crippen molar-refractivity contribution in [1.29, 1.82) is 0 Å². The minimum absolute atomic E-state index is 0.0434. The van der Waals surface area contributed by atoms with Gasteiger partial charge in [0.05, 0.1) is 19.3 Å². The molecule has 0 aromatic heterocycles. The van der Waals surface area contributed by atoms with Gasteiger partial charge in [0, 0.05) is 11.5 Å². The van der Waals surface area contributed by atoms with Crippen LogP contribution < -0.4 is 0 Å². The summed E-state index contributed by atoms with van der Waals surface area (Å²) < 4.78 is 25.2. The zero-order valence-electron chi connectivity index (χ0n) is 16.4. The maximum Gasteiger partial charge on any atom is 0.184 e. The van der Waals surface area contributed by atoms with Crippen LogP contribution in [-0.4, -0.2) is 36.1 Å². The number of benzene rings is 2. The summed E-state index contributed by atoms with van der Waals surface area (Å²) in [5, 5.41) is 0. The first-order valence-corrected chi connectivity index (χ1v) is 11.1. The van der Waals surface area contributed by atoms with E-state index in [4.69, 9.17) is 18.9 Å². The lowest BCUT2D eigenvalue weighted by atomic mass is 9.92. The fraction of sp³-hybridized carbons (Fsp3) is 0.478. The van der Waals surface area contributed by atoms with Crippen LogP contribution in [0, 0.1) is 5.92 Å². The zero-order valence-corrected chi connectivity index (χ0v) is 17.2. The van der Waals surface area contributed by atoms with Crippen LogP contribution >= 0.6 is 11.8 Å². The van der Waals surface area contributed by atoms with Gasteiger partial charge in [0.1, 0.15) is 17.6 Å². The number of hydrogen-bond acceptors (Lipinski definition) is 5. The first kappa shape index (κ1) is 19.9. The maximum absolute atomic E-state index is 6.44. The molecule has 5 heteroatoms. The van der Waals surface area contributed by atoms with Gasteiger partial charge in [-0.2, -0.15) is 0 Å². The number of fused-ring (bicyclic) bond motifs is 1. The Morgan fingerprint density at radius 2 is 1.71 bits per heavy atom. The second-order valence-electron chi connectivity index (χ2n) is 7.30. The Hall–Kier alpha value is -1.37. The van der Waals surface area contributed by atoms with E-state index in [1.807, 2.05) is 60.3 Å². The second kappa shape index (κ2) is 9.42. The van der Waals surface area contributed by atoms with Gasteiger partial charge in [0.2, 0.25) is 0 Å². The molecule has 0 N–H and O–H groups in total. The minimum Gasteiger partial charge on any atom is -0.370 e. The quantitative estimate of drug-likeness (QED) is 0.696. The molecule has 4 nitrogen and oxygen atoms in total. The Kier molecular flexibility index (Phi) is 6.70. The molecule has 4 unspecified atom stereocenters. The van der Waals surface area contributed by atoms with Crippen molar-refractivity contribution in [3.63, 3.8) is 0 Å². The fourth-order valence-corrected chi connectivity index (χ4v) is 4.86. The molecule has 6 atom stereocenters. The van der Waals surface area contributed by atoms with Gasteiger partial charge < -0.3 is 18.9 Å². The highest BCUT2D eigenvalue weighted by Crippen LogP contribution is 2.40. The van der Waals surface area contributed by atoms with Crippen molar-refractivity contribution < 1.29 is 18.9 Å². The van der Waals surface area contributed by atoms with Crippen LogP contribution in [0.5, 0.6) is 0 Å². The van der Waals surface area contributed by atoms with Crippen molar-refractivity contribution in [2.75, 3.05) is 12.4 Å². The minimum atomic E-state index is -0.378. The Morgan fingerprint density at radius 3 is 2.43 bits per heavy atom. The van der Waals surface area contributed by atoms with E-state index in [1.165, 1.54) is 5.56 Å². The largest absolute Gasteiger partial charge is 0.370 e. The number of ether oxygens (including phenoxy) is 4. The molecule has 2 aromatic carbocycles. The molecule has 2 heterocycles. The van der Waals surface area contributed by atoms with Crippen LogP contribution in [0.4, 0.5) is 0 Å². The second-order valence-corrected chi connectivity index (χ2v) is 8.67. The average molecular weight is 401 g/mol. The van der Waals surface area contributed by atoms with Crippen molar-refractivity contribution >= 4 is 11.8 Å². The van der Waals surface area contributed by atoms with E-state index in [9.17, 15) is 0 Å². The first-order chi connectivity index (χ1) is 13.8. The third kappa shape index (κ3) is 4.44. The van der Waals surface area contributed by atoms with Gasteiger partial charge in [0.25, 0.3) is 0 Å². The summed E-state index contributed by atoms with van der Waals surface area (Å²) in [7, 11) is 0. The van der Waals surface area contributed by atoms with E-state index in [-0.39, 0.29) is 36.0 Å². The fourth-order valence-electron chi connectivity index (χ4n) is 3.86. The molecule has 2 fully saturated rings. The third-order valence-corrected chi connectivity index (χ3v) is 6.53. The highest BCUT2D eigenvalue weighted by atomic mass is 32.2. The molecular weight excluding hydrogens is 372 g/mol. The Labute approximate surface area is 171 Å². The van der Waals surface area contributed by atoms with Gasteiger partial charge in [-0.15, -0.1) is 11.8 Å². The van der Waals surface area contributed by atoms with Crippen LogP contribution in [0.25, 0.3) is 0 Å². The summed E-state index contributed by atoms with van der Waals surface area (Å²) in [4.78, 5) is 0. The highest BCUT2D eigenvalue weighted by Gasteiger charge is 2.48. The monoisotopic (exact) mass is 400 g/mol.